The Kier molecular flexibility index (Phi) is 4.95. The summed E-state index contributed by atoms with van der Waals surface area (Å²) in [6.07, 6.45) is 2.70. The quantitative estimate of drug-likeness (QED) is 0.655. The number of hydrogen-bond acceptors (Lipinski definition) is 4. The van der Waals surface area contributed by atoms with Crippen LogP contribution in [-0.4, -0.2) is 28.4 Å². The molecule has 0 bridgehead atoms. The van der Waals surface area contributed by atoms with Crippen molar-refractivity contribution in [2.75, 3.05) is 12.4 Å². The zero-order valence-electron chi connectivity index (χ0n) is 10.5. The van der Waals surface area contributed by atoms with Crippen LogP contribution in [0.25, 0.3) is 0 Å². The molecule has 0 spiro atoms. The van der Waals surface area contributed by atoms with E-state index >= 15 is 0 Å². The number of nitrogens with zero attached hydrogens (tertiary/aromatic N) is 1. The van der Waals surface area contributed by atoms with Gasteiger partial charge in [-0.2, -0.15) is 0 Å². The van der Waals surface area contributed by atoms with Gasteiger partial charge in [0.25, 0.3) is 0 Å². The molecule has 1 aromatic heterocycles. The number of halogens is 1. The van der Waals surface area contributed by atoms with Gasteiger partial charge in [-0.15, -0.1) is 11.8 Å². The minimum atomic E-state index is -1.05. The molecule has 0 saturated carbocycles. The topological polar surface area (TPSA) is 59.4 Å². The summed E-state index contributed by atoms with van der Waals surface area (Å²) in [4.78, 5) is 15.1. The van der Waals surface area contributed by atoms with Gasteiger partial charge in [-0.25, -0.2) is 9.18 Å². The summed E-state index contributed by atoms with van der Waals surface area (Å²) in [6.45, 7) is 0.337. The number of rotatable bonds is 6. The Bertz CT molecular complexity index is 606. The van der Waals surface area contributed by atoms with Crippen molar-refractivity contribution in [3.63, 3.8) is 0 Å². The first-order chi connectivity index (χ1) is 9.66. The van der Waals surface area contributed by atoms with Crippen molar-refractivity contribution in [2.24, 2.45) is 0 Å². The molecule has 1 aromatic carbocycles. The molecule has 1 N–H and O–H groups in total. The third-order valence-electron chi connectivity index (χ3n) is 2.41. The SMILES string of the molecule is O=C(O)c1cncc(OCCSc2ccccc2F)c1. The first-order valence-corrected chi connectivity index (χ1v) is 6.84. The van der Waals surface area contributed by atoms with Crippen molar-refractivity contribution in [1.29, 1.82) is 0 Å². The largest absolute Gasteiger partial charge is 0.491 e. The fourth-order valence-corrected chi connectivity index (χ4v) is 2.25. The molecule has 0 amide bonds. The standard InChI is InChI=1S/C14H12FNO3S/c15-12-3-1-2-4-13(12)20-6-5-19-11-7-10(14(17)18)8-16-9-11/h1-4,7-9H,5-6H2,(H,17,18). The van der Waals surface area contributed by atoms with E-state index in [1.54, 1.807) is 18.2 Å². The molecule has 0 radical (unpaired) electrons. The number of pyridine rings is 1. The normalized spacial score (nSPS) is 10.2. The number of carbonyl (C=O) groups is 1. The molecule has 2 aromatic rings. The summed E-state index contributed by atoms with van der Waals surface area (Å²) >= 11 is 1.34. The average Bonchev–Trinajstić information content (AvgIpc) is 2.45. The zero-order valence-corrected chi connectivity index (χ0v) is 11.3. The third kappa shape index (κ3) is 3.96. The maximum atomic E-state index is 13.3. The number of aromatic carboxylic acids is 1. The van der Waals surface area contributed by atoms with Crippen LogP contribution in [0.2, 0.25) is 0 Å². The Hall–Kier alpha value is -2.08. The maximum Gasteiger partial charge on any atom is 0.337 e. The van der Waals surface area contributed by atoms with Crippen molar-refractivity contribution in [3.05, 3.63) is 54.1 Å². The van der Waals surface area contributed by atoms with Crippen LogP contribution < -0.4 is 4.74 Å². The lowest BCUT2D eigenvalue weighted by Gasteiger charge is -2.06. The fourth-order valence-electron chi connectivity index (χ4n) is 1.49. The lowest BCUT2D eigenvalue weighted by Crippen LogP contribution is -2.03. The highest BCUT2D eigenvalue weighted by Gasteiger charge is 2.05. The molecule has 0 fully saturated rings. The molecule has 6 heteroatoms. The van der Waals surface area contributed by atoms with E-state index in [1.807, 2.05) is 0 Å². The van der Waals surface area contributed by atoms with Gasteiger partial charge in [-0.05, 0) is 18.2 Å². The number of ether oxygens (including phenoxy) is 1. The highest BCUT2D eigenvalue weighted by atomic mass is 32.2. The smallest absolute Gasteiger partial charge is 0.337 e. The second kappa shape index (κ2) is 6.91. The van der Waals surface area contributed by atoms with Crippen LogP contribution in [0.1, 0.15) is 10.4 Å². The molecule has 0 unspecified atom stereocenters. The summed E-state index contributed by atoms with van der Waals surface area (Å²) in [6, 6.07) is 7.92. The second-order valence-electron chi connectivity index (χ2n) is 3.84. The van der Waals surface area contributed by atoms with Gasteiger partial charge in [0, 0.05) is 16.8 Å². The molecule has 20 heavy (non-hydrogen) atoms. The van der Waals surface area contributed by atoms with E-state index in [9.17, 15) is 9.18 Å². The van der Waals surface area contributed by atoms with Gasteiger partial charge in [0.1, 0.15) is 11.6 Å². The van der Waals surface area contributed by atoms with Crippen LogP contribution in [0.3, 0.4) is 0 Å². The molecular weight excluding hydrogens is 281 g/mol. The highest BCUT2D eigenvalue weighted by molar-refractivity contribution is 7.99. The number of thioether (sulfide) groups is 1. The van der Waals surface area contributed by atoms with Gasteiger partial charge in [0.2, 0.25) is 0 Å². The molecule has 0 aliphatic heterocycles. The number of benzene rings is 1. The molecule has 1 heterocycles. The highest BCUT2D eigenvalue weighted by Crippen LogP contribution is 2.21. The minimum absolute atomic E-state index is 0.0734. The van der Waals surface area contributed by atoms with Gasteiger partial charge < -0.3 is 9.84 Å². The fraction of sp³-hybridized carbons (Fsp3) is 0.143. The summed E-state index contributed by atoms with van der Waals surface area (Å²) in [5.74, 6) is -0.368. The maximum absolute atomic E-state index is 13.3. The van der Waals surface area contributed by atoms with Crippen LogP contribution in [0.4, 0.5) is 4.39 Å². The lowest BCUT2D eigenvalue weighted by atomic mass is 10.3. The van der Waals surface area contributed by atoms with E-state index in [-0.39, 0.29) is 11.4 Å². The monoisotopic (exact) mass is 293 g/mol. The van der Waals surface area contributed by atoms with E-state index in [0.717, 1.165) is 0 Å². The summed E-state index contributed by atoms with van der Waals surface area (Å²) in [5, 5.41) is 8.82. The van der Waals surface area contributed by atoms with Gasteiger partial charge in [0.15, 0.2) is 0 Å². The van der Waals surface area contributed by atoms with E-state index < -0.39 is 5.97 Å². The van der Waals surface area contributed by atoms with Crippen molar-refractivity contribution in [3.8, 4) is 5.75 Å². The van der Waals surface area contributed by atoms with Crippen LogP contribution in [0.15, 0.2) is 47.6 Å². The Morgan fingerprint density at radius 1 is 1.35 bits per heavy atom. The Balaban J connectivity index is 1.83. The van der Waals surface area contributed by atoms with E-state index in [1.165, 1.54) is 36.3 Å². The number of carboxylic acid groups (broad SMARTS) is 1. The Morgan fingerprint density at radius 2 is 2.15 bits per heavy atom. The lowest BCUT2D eigenvalue weighted by molar-refractivity contribution is 0.0696. The van der Waals surface area contributed by atoms with Crippen molar-refractivity contribution in [1.82, 2.24) is 4.98 Å². The molecule has 0 aliphatic rings. The summed E-state index contributed by atoms with van der Waals surface area (Å²) < 4.78 is 18.7. The Morgan fingerprint density at radius 3 is 2.90 bits per heavy atom. The number of hydrogen-bond donors (Lipinski definition) is 1. The predicted molar refractivity (Wildman–Crippen MR) is 73.8 cm³/mol. The first-order valence-electron chi connectivity index (χ1n) is 5.85. The molecule has 0 saturated heterocycles. The van der Waals surface area contributed by atoms with Crippen LogP contribution in [0.5, 0.6) is 5.75 Å². The van der Waals surface area contributed by atoms with E-state index in [2.05, 4.69) is 4.98 Å². The Labute approximate surface area is 119 Å². The zero-order chi connectivity index (χ0) is 14.4. The van der Waals surface area contributed by atoms with Gasteiger partial charge in [0.05, 0.1) is 18.4 Å². The van der Waals surface area contributed by atoms with Gasteiger partial charge in [-0.3, -0.25) is 4.98 Å². The van der Waals surface area contributed by atoms with Crippen molar-refractivity contribution >= 4 is 17.7 Å². The minimum Gasteiger partial charge on any atom is -0.491 e. The van der Waals surface area contributed by atoms with E-state index in [0.29, 0.717) is 23.0 Å². The molecule has 104 valence electrons. The summed E-state index contributed by atoms with van der Waals surface area (Å²) in [5.41, 5.74) is 0.0734. The van der Waals surface area contributed by atoms with Crippen molar-refractivity contribution in [2.45, 2.75) is 4.90 Å². The van der Waals surface area contributed by atoms with E-state index in [4.69, 9.17) is 9.84 Å². The predicted octanol–water partition coefficient (Wildman–Crippen LogP) is 3.09. The number of aromatic nitrogens is 1. The van der Waals surface area contributed by atoms with Crippen LogP contribution >= 0.6 is 11.8 Å². The van der Waals surface area contributed by atoms with Gasteiger partial charge >= 0.3 is 5.97 Å². The van der Waals surface area contributed by atoms with Gasteiger partial charge in [-0.1, -0.05) is 12.1 Å². The molecular formula is C14H12FNO3S. The molecule has 0 aliphatic carbocycles. The summed E-state index contributed by atoms with van der Waals surface area (Å²) in [7, 11) is 0. The molecule has 4 nitrogen and oxygen atoms in total. The average molecular weight is 293 g/mol. The number of carboxylic acids is 1. The van der Waals surface area contributed by atoms with Crippen LogP contribution in [0, 0.1) is 5.82 Å². The first kappa shape index (κ1) is 14.3. The molecule has 2 rings (SSSR count). The second-order valence-corrected chi connectivity index (χ2v) is 4.98. The third-order valence-corrected chi connectivity index (χ3v) is 3.42. The van der Waals surface area contributed by atoms with Crippen molar-refractivity contribution < 1.29 is 19.0 Å². The van der Waals surface area contributed by atoms with Crippen LogP contribution in [-0.2, 0) is 0 Å². The molecule has 0 atom stereocenters.